The molecule has 0 heterocycles. The highest BCUT2D eigenvalue weighted by molar-refractivity contribution is 6.05. The van der Waals surface area contributed by atoms with Crippen LogP contribution in [0.5, 0.6) is 5.75 Å². The van der Waals surface area contributed by atoms with Crippen LogP contribution in [0.4, 0.5) is 5.69 Å². The summed E-state index contributed by atoms with van der Waals surface area (Å²) in [6.45, 7) is 1.79. The third kappa shape index (κ3) is 2.27. The molecule has 0 radical (unpaired) electrons. The van der Waals surface area contributed by atoms with Gasteiger partial charge in [-0.2, -0.15) is 0 Å². The summed E-state index contributed by atoms with van der Waals surface area (Å²) in [5, 5.41) is 12.5. The molecule has 1 amide bonds. The van der Waals surface area contributed by atoms with Gasteiger partial charge in [0.15, 0.2) is 0 Å². The SMILES string of the molecule is Cc1c(O)cccc1NC(=O)c1ccc2c(c1)CCC2. The Hall–Kier alpha value is -2.29. The summed E-state index contributed by atoms with van der Waals surface area (Å²) < 4.78 is 0. The fraction of sp³-hybridized carbons (Fsp3) is 0.235. The van der Waals surface area contributed by atoms with Crippen molar-refractivity contribution in [2.75, 3.05) is 5.32 Å². The van der Waals surface area contributed by atoms with Crippen molar-refractivity contribution >= 4 is 11.6 Å². The molecule has 0 fully saturated rings. The van der Waals surface area contributed by atoms with E-state index in [-0.39, 0.29) is 11.7 Å². The lowest BCUT2D eigenvalue weighted by molar-refractivity contribution is 0.102. The van der Waals surface area contributed by atoms with Crippen molar-refractivity contribution in [3.8, 4) is 5.75 Å². The average molecular weight is 267 g/mol. The molecule has 1 aliphatic rings. The molecule has 20 heavy (non-hydrogen) atoms. The predicted molar refractivity (Wildman–Crippen MR) is 79.3 cm³/mol. The van der Waals surface area contributed by atoms with E-state index in [9.17, 15) is 9.90 Å². The highest BCUT2D eigenvalue weighted by Gasteiger charge is 2.14. The minimum absolute atomic E-state index is 0.131. The van der Waals surface area contributed by atoms with Crippen LogP contribution in [0, 0.1) is 6.92 Å². The van der Waals surface area contributed by atoms with Gasteiger partial charge in [0.1, 0.15) is 5.75 Å². The first-order valence-corrected chi connectivity index (χ1v) is 6.87. The number of carbonyl (C=O) groups is 1. The molecule has 2 aromatic rings. The van der Waals surface area contributed by atoms with Crippen LogP contribution in [0.2, 0.25) is 0 Å². The number of benzene rings is 2. The molecular weight excluding hydrogens is 250 g/mol. The van der Waals surface area contributed by atoms with E-state index in [4.69, 9.17) is 0 Å². The second-order valence-corrected chi connectivity index (χ2v) is 5.24. The Kier molecular flexibility index (Phi) is 3.18. The van der Waals surface area contributed by atoms with E-state index in [1.807, 2.05) is 18.2 Å². The molecule has 0 bridgehead atoms. The van der Waals surface area contributed by atoms with Crippen LogP contribution in [0.25, 0.3) is 0 Å². The molecule has 2 N–H and O–H groups in total. The number of fused-ring (bicyclic) bond motifs is 1. The lowest BCUT2D eigenvalue weighted by Gasteiger charge is -2.10. The first-order valence-electron chi connectivity index (χ1n) is 6.87. The van der Waals surface area contributed by atoms with Gasteiger partial charge in [0, 0.05) is 16.8 Å². The fourth-order valence-electron chi connectivity index (χ4n) is 2.67. The maximum absolute atomic E-state index is 12.3. The second-order valence-electron chi connectivity index (χ2n) is 5.24. The average Bonchev–Trinajstić information content (AvgIpc) is 2.91. The zero-order valence-electron chi connectivity index (χ0n) is 11.4. The van der Waals surface area contributed by atoms with E-state index < -0.39 is 0 Å². The van der Waals surface area contributed by atoms with Gasteiger partial charge in [0.25, 0.3) is 5.91 Å². The monoisotopic (exact) mass is 267 g/mol. The summed E-state index contributed by atoms with van der Waals surface area (Å²) in [6.07, 6.45) is 3.34. The summed E-state index contributed by atoms with van der Waals surface area (Å²) in [5.41, 5.74) is 4.64. The number of anilines is 1. The number of amides is 1. The Morgan fingerprint density at radius 1 is 1.15 bits per heavy atom. The molecule has 0 saturated heterocycles. The molecule has 3 heteroatoms. The van der Waals surface area contributed by atoms with Crippen LogP contribution >= 0.6 is 0 Å². The van der Waals surface area contributed by atoms with Gasteiger partial charge in [-0.3, -0.25) is 4.79 Å². The Bertz CT molecular complexity index is 677. The molecule has 0 unspecified atom stereocenters. The summed E-state index contributed by atoms with van der Waals surface area (Å²) in [7, 11) is 0. The molecule has 1 aliphatic carbocycles. The van der Waals surface area contributed by atoms with E-state index in [2.05, 4.69) is 5.32 Å². The highest BCUT2D eigenvalue weighted by atomic mass is 16.3. The first-order chi connectivity index (χ1) is 9.65. The molecule has 102 valence electrons. The Morgan fingerprint density at radius 3 is 2.80 bits per heavy atom. The van der Waals surface area contributed by atoms with Crippen molar-refractivity contribution in [1.82, 2.24) is 0 Å². The third-order valence-corrected chi connectivity index (χ3v) is 3.91. The number of phenolic OH excluding ortho intramolecular Hbond substituents is 1. The van der Waals surface area contributed by atoms with Crippen LogP contribution in [-0.2, 0) is 12.8 Å². The molecule has 0 aliphatic heterocycles. The smallest absolute Gasteiger partial charge is 0.255 e. The first kappa shape index (κ1) is 12.7. The lowest BCUT2D eigenvalue weighted by Crippen LogP contribution is -2.13. The van der Waals surface area contributed by atoms with Gasteiger partial charge in [-0.1, -0.05) is 12.1 Å². The number of hydrogen-bond donors (Lipinski definition) is 2. The molecule has 0 atom stereocenters. The minimum Gasteiger partial charge on any atom is -0.508 e. The summed E-state index contributed by atoms with van der Waals surface area (Å²) in [6, 6.07) is 11.0. The van der Waals surface area contributed by atoms with Crippen molar-refractivity contribution in [1.29, 1.82) is 0 Å². The Morgan fingerprint density at radius 2 is 1.95 bits per heavy atom. The topological polar surface area (TPSA) is 49.3 Å². The number of carbonyl (C=O) groups excluding carboxylic acids is 1. The summed E-state index contributed by atoms with van der Waals surface area (Å²) in [4.78, 5) is 12.3. The van der Waals surface area contributed by atoms with E-state index in [0.29, 0.717) is 16.8 Å². The van der Waals surface area contributed by atoms with Crippen LogP contribution in [0.3, 0.4) is 0 Å². The molecule has 3 nitrogen and oxygen atoms in total. The van der Waals surface area contributed by atoms with Gasteiger partial charge in [-0.05, 0) is 61.6 Å². The van der Waals surface area contributed by atoms with Gasteiger partial charge in [0.2, 0.25) is 0 Å². The minimum atomic E-state index is -0.131. The molecule has 0 aromatic heterocycles. The van der Waals surface area contributed by atoms with E-state index in [1.165, 1.54) is 17.5 Å². The zero-order valence-corrected chi connectivity index (χ0v) is 11.4. The molecule has 0 spiro atoms. The van der Waals surface area contributed by atoms with Gasteiger partial charge in [0.05, 0.1) is 0 Å². The molecule has 2 aromatic carbocycles. The van der Waals surface area contributed by atoms with Gasteiger partial charge in [-0.25, -0.2) is 0 Å². The van der Waals surface area contributed by atoms with Crippen molar-refractivity contribution in [3.05, 3.63) is 58.7 Å². The number of aromatic hydroxyl groups is 1. The van der Waals surface area contributed by atoms with Gasteiger partial charge in [-0.15, -0.1) is 0 Å². The number of nitrogens with one attached hydrogen (secondary N) is 1. The third-order valence-electron chi connectivity index (χ3n) is 3.91. The summed E-state index contributed by atoms with van der Waals surface area (Å²) >= 11 is 0. The number of hydrogen-bond acceptors (Lipinski definition) is 2. The van der Waals surface area contributed by atoms with Crippen molar-refractivity contribution in [2.45, 2.75) is 26.2 Å². The quantitative estimate of drug-likeness (QED) is 0.875. The Balaban J connectivity index is 1.84. The van der Waals surface area contributed by atoms with Crippen molar-refractivity contribution in [3.63, 3.8) is 0 Å². The standard InChI is InChI=1S/C17H17NO2/c1-11-15(6-3-7-16(11)19)18-17(20)14-9-8-12-4-2-5-13(12)10-14/h3,6-10,19H,2,4-5H2,1H3,(H,18,20). The highest BCUT2D eigenvalue weighted by Crippen LogP contribution is 2.26. The van der Waals surface area contributed by atoms with Gasteiger partial charge < -0.3 is 10.4 Å². The summed E-state index contributed by atoms with van der Waals surface area (Å²) in [5.74, 6) is 0.0603. The predicted octanol–water partition coefficient (Wildman–Crippen LogP) is 3.44. The molecule has 3 rings (SSSR count). The Labute approximate surface area is 118 Å². The maximum Gasteiger partial charge on any atom is 0.255 e. The van der Waals surface area contributed by atoms with Crippen LogP contribution in [-0.4, -0.2) is 11.0 Å². The number of phenols is 1. The zero-order chi connectivity index (χ0) is 14.1. The van der Waals surface area contributed by atoms with Crippen LogP contribution in [0.15, 0.2) is 36.4 Å². The normalized spacial score (nSPS) is 13.1. The molecule has 0 saturated carbocycles. The van der Waals surface area contributed by atoms with Crippen LogP contribution in [0.1, 0.15) is 33.5 Å². The molecular formula is C17H17NO2. The van der Waals surface area contributed by atoms with Crippen molar-refractivity contribution in [2.24, 2.45) is 0 Å². The lowest BCUT2D eigenvalue weighted by atomic mass is 10.1. The van der Waals surface area contributed by atoms with Crippen molar-refractivity contribution < 1.29 is 9.90 Å². The second kappa shape index (κ2) is 5.00. The number of aryl methyl sites for hydroxylation is 2. The van der Waals surface area contributed by atoms with Crippen LogP contribution < -0.4 is 5.32 Å². The van der Waals surface area contributed by atoms with E-state index in [1.54, 1.807) is 25.1 Å². The van der Waals surface area contributed by atoms with Gasteiger partial charge >= 0.3 is 0 Å². The largest absolute Gasteiger partial charge is 0.508 e. The maximum atomic E-state index is 12.3. The number of rotatable bonds is 2. The van der Waals surface area contributed by atoms with E-state index >= 15 is 0 Å². The van der Waals surface area contributed by atoms with E-state index in [0.717, 1.165) is 12.8 Å². The fourth-order valence-corrected chi connectivity index (χ4v) is 2.67.